The Balaban J connectivity index is 3.27. The summed E-state index contributed by atoms with van der Waals surface area (Å²) >= 11 is 0. The van der Waals surface area contributed by atoms with Gasteiger partial charge in [-0.15, -0.1) is 0 Å². The van der Waals surface area contributed by atoms with Crippen LogP contribution >= 0.6 is 0 Å². The van der Waals surface area contributed by atoms with Crippen molar-refractivity contribution >= 4 is 0 Å². The monoisotopic (exact) mass is 125 g/mol. The molecule has 0 saturated carbocycles. The van der Waals surface area contributed by atoms with E-state index < -0.39 is 0 Å². The van der Waals surface area contributed by atoms with Crippen LogP contribution in [0.1, 0.15) is 33.1 Å². The minimum Gasteiger partial charge on any atom is -0.0999 e. The quantitative estimate of drug-likeness (QED) is 0.506. The van der Waals surface area contributed by atoms with Gasteiger partial charge in [0.05, 0.1) is 0 Å². The fourth-order valence-electron chi connectivity index (χ4n) is 0.929. The molecule has 0 fully saturated rings. The van der Waals surface area contributed by atoms with Crippen LogP contribution in [0.25, 0.3) is 0 Å². The zero-order valence-electron chi connectivity index (χ0n) is 6.61. The molecule has 0 atom stereocenters. The summed E-state index contributed by atoms with van der Waals surface area (Å²) in [5.41, 5.74) is 1.35. The van der Waals surface area contributed by atoms with Crippen molar-refractivity contribution in [2.75, 3.05) is 0 Å². The van der Waals surface area contributed by atoms with Crippen LogP contribution in [0.15, 0.2) is 12.2 Å². The summed E-state index contributed by atoms with van der Waals surface area (Å²) in [6.07, 6.45) is 3.25. The summed E-state index contributed by atoms with van der Waals surface area (Å²) in [5.74, 6) is 0.754. The molecule has 0 heterocycles. The number of rotatable bonds is 4. The molecular formula is C9H17. The van der Waals surface area contributed by atoms with Crippen molar-refractivity contribution in [3.05, 3.63) is 19.1 Å². The summed E-state index contributed by atoms with van der Waals surface area (Å²) in [7, 11) is 0. The van der Waals surface area contributed by atoms with E-state index in [0.29, 0.717) is 0 Å². The first kappa shape index (κ1) is 8.74. The third-order valence-electron chi connectivity index (χ3n) is 1.23. The highest BCUT2D eigenvalue weighted by atomic mass is 14.0. The van der Waals surface area contributed by atoms with E-state index in [-0.39, 0.29) is 0 Å². The van der Waals surface area contributed by atoms with Gasteiger partial charge < -0.3 is 0 Å². The average molecular weight is 125 g/mol. The van der Waals surface area contributed by atoms with Gasteiger partial charge >= 0.3 is 0 Å². The molecule has 9 heavy (non-hydrogen) atoms. The lowest BCUT2D eigenvalue weighted by Crippen LogP contribution is -1.89. The topological polar surface area (TPSA) is 0 Å². The van der Waals surface area contributed by atoms with Gasteiger partial charge in [0.2, 0.25) is 0 Å². The van der Waals surface area contributed by atoms with E-state index in [1.54, 1.807) is 0 Å². The minimum atomic E-state index is 0.754. The Bertz CT molecular complexity index is 80.0. The van der Waals surface area contributed by atoms with Gasteiger partial charge in [-0.2, -0.15) is 0 Å². The third-order valence-corrected chi connectivity index (χ3v) is 1.23. The Morgan fingerprint density at radius 3 is 2.33 bits per heavy atom. The van der Waals surface area contributed by atoms with Gasteiger partial charge in [0.1, 0.15) is 0 Å². The van der Waals surface area contributed by atoms with E-state index >= 15 is 0 Å². The second-order valence-electron chi connectivity index (χ2n) is 2.95. The first-order chi connectivity index (χ1) is 4.16. The Hall–Kier alpha value is -0.260. The van der Waals surface area contributed by atoms with E-state index in [1.165, 1.54) is 5.57 Å². The highest BCUT2D eigenvalue weighted by Crippen LogP contribution is 2.12. The molecule has 0 spiro atoms. The number of hydrogen-bond donors (Lipinski definition) is 0. The SMILES string of the molecule is [CH2]CCC(=C)CC(C)C. The fourth-order valence-corrected chi connectivity index (χ4v) is 0.929. The van der Waals surface area contributed by atoms with Crippen molar-refractivity contribution in [3.8, 4) is 0 Å². The molecule has 1 radical (unpaired) electrons. The Morgan fingerprint density at radius 2 is 2.00 bits per heavy atom. The predicted octanol–water partition coefficient (Wildman–Crippen LogP) is 3.20. The van der Waals surface area contributed by atoms with Crippen LogP contribution in [0.4, 0.5) is 0 Å². The molecule has 0 aromatic rings. The molecule has 0 unspecified atom stereocenters. The normalized spacial score (nSPS) is 10.2. The molecule has 0 amide bonds. The van der Waals surface area contributed by atoms with E-state index in [4.69, 9.17) is 0 Å². The lowest BCUT2D eigenvalue weighted by molar-refractivity contribution is 0.627. The molecule has 0 saturated heterocycles. The van der Waals surface area contributed by atoms with Gasteiger partial charge in [0.25, 0.3) is 0 Å². The largest absolute Gasteiger partial charge is 0.0999 e. The Kier molecular flexibility index (Phi) is 4.47. The van der Waals surface area contributed by atoms with E-state index in [2.05, 4.69) is 27.4 Å². The zero-order chi connectivity index (χ0) is 7.28. The smallest absolute Gasteiger partial charge is 0.0300 e. The molecule has 53 valence electrons. The van der Waals surface area contributed by atoms with Crippen LogP contribution < -0.4 is 0 Å². The van der Waals surface area contributed by atoms with Gasteiger partial charge in [-0.05, 0) is 25.2 Å². The highest BCUT2D eigenvalue weighted by Gasteiger charge is 1.95. The number of hydrogen-bond acceptors (Lipinski definition) is 0. The van der Waals surface area contributed by atoms with E-state index in [1.807, 2.05) is 0 Å². The standard InChI is InChI=1S/C9H17/c1-5-6-9(4)7-8(2)3/h8H,1,4-7H2,2-3H3. The van der Waals surface area contributed by atoms with E-state index in [0.717, 1.165) is 25.2 Å². The van der Waals surface area contributed by atoms with Crippen LogP contribution in [-0.4, -0.2) is 0 Å². The molecule has 0 rings (SSSR count). The van der Waals surface area contributed by atoms with Crippen molar-refractivity contribution in [1.82, 2.24) is 0 Å². The van der Waals surface area contributed by atoms with Gasteiger partial charge in [-0.1, -0.05) is 32.9 Å². The first-order valence-corrected chi connectivity index (χ1v) is 3.62. The molecule has 0 aliphatic rings. The molecule has 0 bridgehead atoms. The van der Waals surface area contributed by atoms with Crippen LogP contribution in [0, 0.1) is 12.8 Å². The van der Waals surface area contributed by atoms with Gasteiger partial charge in [-0.25, -0.2) is 0 Å². The van der Waals surface area contributed by atoms with Crippen LogP contribution in [0.5, 0.6) is 0 Å². The van der Waals surface area contributed by atoms with Gasteiger partial charge in [0, 0.05) is 0 Å². The maximum Gasteiger partial charge on any atom is -0.0300 e. The maximum absolute atomic E-state index is 3.94. The second-order valence-corrected chi connectivity index (χ2v) is 2.95. The van der Waals surface area contributed by atoms with Crippen LogP contribution in [0.3, 0.4) is 0 Å². The summed E-state index contributed by atoms with van der Waals surface area (Å²) in [6, 6.07) is 0. The zero-order valence-corrected chi connectivity index (χ0v) is 6.61. The van der Waals surface area contributed by atoms with Crippen molar-refractivity contribution in [2.24, 2.45) is 5.92 Å². The van der Waals surface area contributed by atoms with E-state index in [9.17, 15) is 0 Å². The second kappa shape index (κ2) is 4.60. The molecule has 0 nitrogen and oxygen atoms in total. The maximum atomic E-state index is 3.94. The average Bonchev–Trinajstić information content (AvgIpc) is 1.63. The first-order valence-electron chi connectivity index (χ1n) is 3.62. The van der Waals surface area contributed by atoms with Crippen LogP contribution in [0.2, 0.25) is 0 Å². The van der Waals surface area contributed by atoms with Crippen molar-refractivity contribution in [1.29, 1.82) is 0 Å². The minimum absolute atomic E-state index is 0.754. The van der Waals surface area contributed by atoms with Crippen LogP contribution in [-0.2, 0) is 0 Å². The molecule has 0 aromatic carbocycles. The third kappa shape index (κ3) is 5.61. The lowest BCUT2D eigenvalue weighted by Gasteiger charge is -2.05. The van der Waals surface area contributed by atoms with Gasteiger partial charge in [-0.3, -0.25) is 0 Å². The highest BCUT2D eigenvalue weighted by molar-refractivity contribution is 4.94. The molecular weight excluding hydrogens is 108 g/mol. The predicted molar refractivity (Wildman–Crippen MR) is 43.2 cm³/mol. The molecule has 0 aliphatic heterocycles. The summed E-state index contributed by atoms with van der Waals surface area (Å²) in [6.45, 7) is 12.1. The Labute approximate surface area is 59.0 Å². The van der Waals surface area contributed by atoms with Crippen molar-refractivity contribution in [3.63, 3.8) is 0 Å². The summed E-state index contributed by atoms with van der Waals surface area (Å²) in [4.78, 5) is 0. The Morgan fingerprint density at radius 1 is 1.44 bits per heavy atom. The summed E-state index contributed by atoms with van der Waals surface area (Å²) < 4.78 is 0. The molecule has 0 heteroatoms. The summed E-state index contributed by atoms with van der Waals surface area (Å²) in [5, 5.41) is 0. The van der Waals surface area contributed by atoms with Crippen molar-refractivity contribution < 1.29 is 0 Å². The fraction of sp³-hybridized carbons (Fsp3) is 0.667. The van der Waals surface area contributed by atoms with Gasteiger partial charge in [0.15, 0.2) is 0 Å². The lowest BCUT2D eigenvalue weighted by atomic mass is 10.0. The molecule has 0 N–H and O–H groups in total. The van der Waals surface area contributed by atoms with Crippen molar-refractivity contribution in [2.45, 2.75) is 33.1 Å². The molecule has 0 aromatic heterocycles. The number of allylic oxidation sites excluding steroid dienone is 1. The molecule has 0 aliphatic carbocycles.